The molecule has 2 N–H and O–H groups in total. The van der Waals surface area contributed by atoms with Crippen LogP contribution >= 0.6 is 11.6 Å². The van der Waals surface area contributed by atoms with Crippen molar-refractivity contribution in [1.29, 1.82) is 0 Å². The number of hydrogen-bond acceptors (Lipinski definition) is 2. The average Bonchev–Trinajstić information content (AvgIpc) is 2.64. The summed E-state index contributed by atoms with van der Waals surface area (Å²) in [5, 5.41) is 6.37. The van der Waals surface area contributed by atoms with Gasteiger partial charge in [0.1, 0.15) is 0 Å². The zero-order chi connectivity index (χ0) is 19.4. The molecule has 1 fully saturated rings. The summed E-state index contributed by atoms with van der Waals surface area (Å²) < 4.78 is 0. The number of amides is 3. The first-order valence-corrected chi connectivity index (χ1v) is 9.50. The van der Waals surface area contributed by atoms with Gasteiger partial charge in [-0.3, -0.25) is 4.79 Å². The van der Waals surface area contributed by atoms with E-state index in [1.165, 1.54) is 0 Å². The molecule has 3 amide bonds. The number of halogens is 1. The Morgan fingerprint density at radius 3 is 2.37 bits per heavy atom. The minimum atomic E-state index is -0.124. The van der Waals surface area contributed by atoms with E-state index in [1.807, 2.05) is 56.3 Å². The quantitative estimate of drug-likeness (QED) is 0.794. The summed E-state index contributed by atoms with van der Waals surface area (Å²) in [6, 6.07) is 13.1. The van der Waals surface area contributed by atoms with Crippen molar-refractivity contribution in [3.63, 3.8) is 0 Å². The number of carbonyl (C=O) groups excluding carboxylic acids is 2. The van der Waals surface area contributed by atoms with Gasteiger partial charge in [0.25, 0.3) is 0 Å². The summed E-state index contributed by atoms with van der Waals surface area (Å²) in [7, 11) is 0. The van der Waals surface area contributed by atoms with Crippen LogP contribution in [0.5, 0.6) is 0 Å². The normalized spacial score (nSPS) is 14.7. The van der Waals surface area contributed by atoms with Gasteiger partial charge in [-0.25, -0.2) is 4.79 Å². The first-order valence-electron chi connectivity index (χ1n) is 9.12. The Morgan fingerprint density at radius 1 is 1.00 bits per heavy atom. The third-order valence-corrected chi connectivity index (χ3v) is 5.12. The summed E-state index contributed by atoms with van der Waals surface area (Å²) in [6.45, 7) is 5.05. The lowest BCUT2D eigenvalue weighted by Crippen LogP contribution is -2.43. The van der Waals surface area contributed by atoms with Crippen LogP contribution < -0.4 is 10.6 Å². The van der Waals surface area contributed by atoms with E-state index in [0.29, 0.717) is 36.6 Å². The zero-order valence-corrected chi connectivity index (χ0v) is 16.3. The highest BCUT2D eigenvalue weighted by Gasteiger charge is 2.27. The molecule has 5 nitrogen and oxygen atoms in total. The number of urea groups is 1. The van der Waals surface area contributed by atoms with E-state index in [4.69, 9.17) is 11.6 Å². The maximum absolute atomic E-state index is 12.5. The maximum Gasteiger partial charge on any atom is 0.321 e. The van der Waals surface area contributed by atoms with Crippen molar-refractivity contribution in [2.45, 2.75) is 26.7 Å². The van der Waals surface area contributed by atoms with Crippen molar-refractivity contribution in [3.8, 4) is 0 Å². The van der Waals surface area contributed by atoms with Crippen molar-refractivity contribution < 1.29 is 9.59 Å². The maximum atomic E-state index is 12.5. The third kappa shape index (κ3) is 5.01. The van der Waals surface area contributed by atoms with Gasteiger partial charge in [0.15, 0.2) is 0 Å². The van der Waals surface area contributed by atoms with Crippen molar-refractivity contribution in [2.75, 3.05) is 23.7 Å². The molecule has 0 saturated carbocycles. The topological polar surface area (TPSA) is 61.4 Å². The van der Waals surface area contributed by atoms with E-state index in [0.717, 1.165) is 16.8 Å². The highest BCUT2D eigenvalue weighted by molar-refractivity contribution is 6.33. The molecule has 0 unspecified atom stereocenters. The molecular formula is C21H24ClN3O2. The highest BCUT2D eigenvalue weighted by Crippen LogP contribution is 2.25. The molecule has 0 atom stereocenters. The monoisotopic (exact) mass is 385 g/mol. The van der Waals surface area contributed by atoms with Gasteiger partial charge in [0.2, 0.25) is 5.91 Å². The van der Waals surface area contributed by atoms with Crippen molar-refractivity contribution >= 4 is 34.9 Å². The number of nitrogens with one attached hydrogen (secondary N) is 2. The van der Waals surface area contributed by atoms with Gasteiger partial charge < -0.3 is 15.5 Å². The summed E-state index contributed by atoms with van der Waals surface area (Å²) in [6.07, 6.45) is 1.27. The van der Waals surface area contributed by atoms with Crippen LogP contribution in [0.15, 0.2) is 42.5 Å². The molecule has 27 heavy (non-hydrogen) atoms. The number of piperidine rings is 1. The van der Waals surface area contributed by atoms with Crippen molar-refractivity contribution in [3.05, 3.63) is 58.6 Å². The second kappa shape index (κ2) is 8.44. The smallest absolute Gasteiger partial charge is 0.321 e. The third-order valence-electron chi connectivity index (χ3n) is 4.80. The van der Waals surface area contributed by atoms with Crippen LogP contribution in [0, 0.1) is 19.8 Å². The summed E-state index contributed by atoms with van der Waals surface area (Å²) in [5.41, 5.74) is 3.56. The minimum absolute atomic E-state index is 0.0421. The number of anilines is 2. The predicted octanol–water partition coefficient (Wildman–Crippen LogP) is 4.84. The highest BCUT2D eigenvalue weighted by atomic mass is 35.5. The Bertz CT molecular complexity index is 845. The van der Waals surface area contributed by atoms with Crippen LogP contribution in [-0.4, -0.2) is 29.9 Å². The van der Waals surface area contributed by atoms with Crippen LogP contribution in [-0.2, 0) is 4.79 Å². The number of rotatable bonds is 3. The molecule has 142 valence electrons. The van der Waals surface area contributed by atoms with Crippen LogP contribution in [0.2, 0.25) is 5.02 Å². The molecule has 6 heteroatoms. The molecule has 1 heterocycles. The van der Waals surface area contributed by atoms with Crippen molar-refractivity contribution in [1.82, 2.24) is 4.90 Å². The lowest BCUT2D eigenvalue weighted by atomic mass is 9.96. The fourth-order valence-corrected chi connectivity index (χ4v) is 3.51. The lowest BCUT2D eigenvalue weighted by molar-refractivity contribution is -0.121. The molecule has 1 aliphatic heterocycles. The predicted molar refractivity (Wildman–Crippen MR) is 109 cm³/mol. The molecule has 1 saturated heterocycles. The number of benzene rings is 2. The first-order chi connectivity index (χ1) is 12.9. The molecule has 1 aliphatic rings. The van der Waals surface area contributed by atoms with E-state index in [-0.39, 0.29) is 17.9 Å². The Morgan fingerprint density at radius 2 is 1.70 bits per heavy atom. The first kappa shape index (κ1) is 19.2. The van der Waals surface area contributed by atoms with E-state index >= 15 is 0 Å². The molecule has 0 aliphatic carbocycles. The Balaban J connectivity index is 1.52. The molecule has 3 rings (SSSR count). The molecule has 0 bridgehead atoms. The molecule has 0 aromatic heterocycles. The Hall–Kier alpha value is -2.53. The molecular weight excluding hydrogens is 362 g/mol. The van der Waals surface area contributed by atoms with Gasteiger partial charge >= 0.3 is 6.03 Å². The second-order valence-electron chi connectivity index (χ2n) is 7.03. The minimum Gasteiger partial charge on any atom is -0.325 e. The van der Waals surface area contributed by atoms with Gasteiger partial charge in [0, 0.05) is 24.7 Å². The molecule has 2 aromatic rings. The van der Waals surface area contributed by atoms with Gasteiger partial charge in [-0.2, -0.15) is 0 Å². The average molecular weight is 386 g/mol. The van der Waals surface area contributed by atoms with E-state index in [2.05, 4.69) is 10.6 Å². The van der Waals surface area contributed by atoms with E-state index < -0.39 is 0 Å². The summed E-state index contributed by atoms with van der Waals surface area (Å²) in [5.74, 6) is -0.162. The largest absolute Gasteiger partial charge is 0.325 e. The van der Waals surface area contributed by atoms with Gasteiger partial charge in [0.05, 0.1) is 10.7 Å². The van der Waals surface area contributed by atoms with Crippen LogP contribution in [0.1, 0.15) is 24.0 Å². The van der Waals surface area contributed by atoms with E-state index in [9.17, 15) is 9.59 Å². The van der Waals surface area contributed by atoms with E-state index in [1.54, 1.807) is 4.90 Å². The fraction of sp³-hybridized carbons (Fsp3) is 0.333. The number of hydrogen-bond donors (Lipinski definition) is 2. The van der Waals surface area contributed by atoms with Crippen LogP contribution in [0.25, 0.3) is 0 Å². The zero-order valence-electron chi connectivity index (χ0n) is 15.6. The molecule has 2 aromatic carbocycles. The summed E-state index contributed by atoms with van der Waals surface area (Å²) >= 11 is 6.19. The fourth-order valence-electron chi connectivity index (χ4n) is 3.23. The number of likely N-dealkylation sites (tertiary alicyclic amines) is 1. The second-order valence-corrected chi connectivity index (χ2v) is 7.44. The van der Waals surface area contributed by atoms with Crippen LogP contribution in [0.3, 0.4) is 0 Å². The van der Waals surface area contributed by atoms with Gasteiger partial charge in [-0.05, 0) is 62.1 Å². The molecule has 0 radical (unpaired) electrons. The number of nitrogens with zero attached hydrogens (tertiary/aromatic N) is 1. The Labute approximate surface area is 164 Å². The van der Waals surface area contributed by atoms with Gasteiger partial charge in [-0.15, -0.1) is 0 Å². The SMILES string of the molecule is Cc1cccc(NC(=O)N2CCC(C(=O)Nc3ccc(C)cc3Cl)CC2)c1. The van der Waals surface area contributed by atoms with Crippen LogP contribution in [0.4, 0.5) is 16.2 Å². The number of carbonyl (C=O) groups is 2. The summed E-state index contributed by atoms with van der Waals surface area (Å²) in [4.78, 5) is 26.7. The lowest BCUT2D eigenvalue weighted by Gasteiger charge is -2.31. The Kier molecular flexibility index (Phi) is 6.01. The number of aryl methyl sites for hydroxylation is 2. The van der Waals surface area contributed by atoms with Gasteiger partial charge in [-0.1, -0.05) is 29.8 Å². The molecule has 0 spiro atoms. The van der Waals surface area contributed by atoms with Crippen molar-refractivity contribution in [2.24, 2.45) is 5.92 Å². The standard InChI is InChI=1S/C21H24ClN3O2/c1-14-4-3-5-17(12-14)23-21(27)25-10-8-16(9-11-25)20(26)24-19-7-6-15(2)13-18(19)22/h3-7,12-13,16H,8-11H2,1-2H3,(H,23,27)(H,24,26).